The quantitative estimate of drug-likeness (QED) is 0.157. The fourth-order valence-electron chi connectivity index (χ4n) is 10.3. The Hall–Kier alpha value is -7.16. The highest BCUT2D eigenvalue weighted by Gasteiger charge is 2.48. The van der Waals surface area contributed by atoms with Crippen LogP contribution in [0.2, 0.25) is 0 Å². The van der Waals surface area contributed by atoms with Crippen LogP contribution in [0, 0.1) is 0 Å². The summed E-state index contributed by atoms with van der Waals surface area (Å²) in [5.41, 5.74) is 20.5. The second kappa shape index (κ2) is 13.5. The van der Waals surface area contributed by atoms with Crippen molar-refractivity contribution >= 4 is 17.1 Å². The van der Waals surface area contributed by atoms with Crippen molar-refractivity contribution < 1.29 is 0 Å². The van der Waals surface area contributed by atoms with E-state index in [4.69, 9.17) is 0 Å². The molecular formula is C57H44N2. The van der Waals surface area contributed by atoms with Gasteiger partial charge in [-0.2, -0.15) is 0 Å². The first kappa shape index (κ1) is 35.0. The average molecular weight is 757 g/mol. The van der Waals surface area contributed by atoms with E-state index in [2.05, 4.69) is 243 Å². The van der Waals surface area contributed by atoms with Crippen LogP contribution in [0.25, 0.3) is 50.5 Å². The number of hydrogen-bond donors (Lipinski definition) is 0. The predicted molar refractivity (Wildman–Crippen MR) is 246 cm³/mol. The Kier molecular flexibility index (Phi) is 8.00. The predicted octanol–water partition coefficient (Wildman–Crippen LogP) is 14.9. The van der Waals surface area contributed by atoms with Crippen LogP contribution in [0.1, 0.15) is 48.6 Å². The summed E-state index contributed by atoms with van der Waals surface area (Å²) in [4.78, 5) is 2.51. The Labute approximate surface area is 347 Å². The van der Waals surface area contributed by atoms with Crippen molar-refractivity contribution in [3.63, 3.8) is 0 Å². The molecule has 1 aromatic heterocycles. The molecule has 1 unspecified atom stereocenters. The molecule has 0 radical (unpaired) electrons. The highest BCUT2D eigenvalue weighted by atomic mass is 15.1. The molecular weight excluding hydrogens is 713 g/mol. The monoisotopic (exact) mass is 756 g/mol. The number of nitrogens with zero attached hydrogens (tertiary/aromatic N) is 2. The lowest BCUT2D eigenvalue weighted by Gasteiger charge is -2.32. The summed E-state index contributed by atoms with van der Waals surface area (Å²) in [6.45, 7) is 7.20. The lowest BCUT2D eigenvalue weighted by molar-refractivity contribution is 0.660. The SMILES string of the molecule is CC1(C)c2ccccc2-c2ccc(N(c3ccccc3)c3cccc4c3-c3c(c(-c5ccccc5)n(-c5ccccc5)c3-c3ccccc3)C4(C)c3ccccc3)cc21. The van der Waals surface area contributed by atoms with Gasteiger partial charge in [0.05, 0.1) is 17.1 Å². The minimum Gasteiger partial charge on any atom is -0.310 e. The largest absolute Gasteiger partial charge is 0.310 e. The number of anilines is 3. The van der Waals surface area contributed by atoms with Gasteiger partial charge in [0.25, 0.3) is 0 Å². The third-order valence-corrected chi connectivity index (χ3v) is 13.0. The second-order valence-electron chi connectivity index (χ2n) is 16.6. The maximum atomic E-state index is 2.54. The van der Waals surface area contributed by atoms with E-state index in [1.807, 2.05) is 0 Å². The molecule has 9 aromatic rings. The fourth-order valence-corrected chi connectivity index (χ4v) is 10.3. The van der Waals surface area contributed by atoms with Gasteiger partial charge in [-0.05, 0) is 93.9 Å². The van der Waals surface area contributed by atoms with Crippen molar-refractivity contribution in [2.75, 3.05) is 4.90 Å². The molecule has 0 spiro atoms. The molecule has 1 heterocycles. The number of fused-ring (bicyclic) bond motifs is 6. The normalized spacial score (nSPS) is 15.6. The molecule has 0 saturated carbocycles. The summed E-state index contributed by atoms with van der Waals surface area (Å²) < 4.78 is 2.54. The number of aromatic nitrogens is 1. The summed E-state index contributed by atoms with van der Waals surface area (Å²) in [5, 5.41) is 0. The zero-order valence-electron chi connectivity index (χ0n) is 33.6. The van der Waals surface area contributed by atoms with E-state index in [9.17, 15) is 0 Å². The van der Waals surface area contributed by atoms with Gasteiger partial charge in [0.2, 0.25) is 0 Å². The number of benzene rings is 8. The van der Waals surface area contributed by atoms with E-state index >= 15 is 0 Å². The van der Waals surface area contributed by atoms with Gasteiger partial charge < -0.3 is 9.47 Å². The summed E-state index contributed by atoms with van der Waals surface area (Å²) in [6.07, 6.45) is 0. The van der Waals surface area contributed by atoms with Crippen LogP contribution in [0.15, 0.2) is 212 Å². The number of hydrogen-bond acceptors (Lipinski definition) is 1. The minimum atomic E-state index is -0.499. The summed E-state index contributed by atoms with van der Waals surface area (Å²) in [5.74, 6) is 0. The van der Waals surface area contributed by atoms with E-state index < -0.39 is 5.41 Å². The molecule has 2 heteroatoms. The van der Waals surface area contributed by atoms with Crippen molar-refractivity contribution in [1.82, 2.24) is 4.57 Å². The van der Waals surface area contributed by atoms with E-state index in [1.165, 1.54) is 72.6 Å². The second-order valence-corrected chi connectivity index (χ2v) is 16.6. The van der Waals surface area contributed by atoms with Crippen molar-refractivity contribution in [2.45, 2.75) is 31.6 Å². The molecule has 8 aromatic carbocycles. The van der Waals surface area contributed by atoms with E-state index in [0.717, 1.165) is 22.7 Å². The standard InChI is InChI=1S/C57H44N2/c1-56(2)47-33-20-19-32-45(47)46-37-36-44(38-49(46)56)58(42-28-15-7-16-29-42)50-35-21-34-48-51(50)52-53(57(48,3)41-26-13-6-14-27-41)55(40-24-11-5-12-25-40)59(43-30-17-8-18-31-43)54(52)39-22-9-4-10-23-39/h4-38H,1-3H3. The Bertz CT molecular complexity index is 3000. The summed E-state index contributed by atoms with van der Waals surface area (Å²) in [6, 6.07) is 78.1. The molecule has 0 amide bonds. The van der Waals surface area contributed by atoms with Crippen molar-refractivity contribution in [2.24, 2.45) is 0 Å². The third-order valence-electron chi connectivity index (χ3n) is 13.0. The molecule has 0 N–H and O–H groups in total. The minimum absolute atomic E-state index is 0.139. The summed E-state index contributed by atoms with van der Waals surface area (Å²) in [7, 11) is 0. The number of para-hydroxylation sites is 2. The first-order chi connectivity index (χ1) is 29.0. The molecule has 11 rings (SSSR count). The highest BCUT2D eigenvalue weighted by Crippen LogP contribution is 2.63. The van der Waals surface area contributed by atoms with E-state index in [-0.39, 0.29) is 5.41 Å². The third kappa shape index (κ3) is 5.19. The van der Waals surface area contributed by atoms with Crippen molar-refractivity contribution in [3.05, 3.63) is 240 Å². The van der Waals surface area contributed by atoms with Gasteiger partial charge in [0.1, 0.15) is 0 Å². The van der Waals surface area contributed by atoms with Crippen molar-refractivity contribution in [1.29, 1.82) is 0 Å². The molecule has 0 aliphatic heterocycles. The molecule has 2 aliphatic rings. The number of rotatable bonds is 7. The fraction of sp³-hybridized carbons (Fsp3) is 0.0877. The first-order valence-corrected chi connectivity index (χ1v) is 20.7. The molecule has 0 bridgehead atoms. The first-order valence-electron chi connectivity index (χ1n) is 20.7. The van der Waals surface area contributed by atoms with Gasteiger partial charge in [-0.25, -0.2) is 0 Å². The van der Waals surface area contributed by atoms with Gasteiger partial charge in [-0.15, -0.1) is 0 Å². The Balaban J connectivity index is 1.29. The van der Waals surface area contributed by atoms with Crippen LogP contribution in [-0.4, -0.2) is 4.57 Å². The van der Waals surface area contributed by atoms with Crippen LogP contribution in [-0.2, 0) is 10.8 Å². The van der Waals surface area contributed by atoms with Crippen molar-refractivity contribution in [3.8, 4) is 50.5 Å². The summed E-state index contributed by atoms with van der Waals surface area (Å²) >= 11 is 0. The highest BCUT2D eigenvalue weighted by molar-refractivity contribution is 6.05. The Morgan fingerprint density at radius 3 is 1.63 bits per heavy atom. The lowest BCUT2D eigenvalue weighted by atomic mass is 9.73. The van der Waals surface area contributed by atoms with Gasteiger partial charge >= 0.3 is 0 Å². The maximum Gasteiger partial charge on any atom is 0.0617 e. The van der Waals surface area contributed by atoms with Crippen LogP contribution in [0.5, 0.6) is 0 Å². The molecule has 59 heavy (non-hydrogen) atoms. The van der Waals surface area contributed by atoms with E-state index in [1.54, 1.807) is 0 Å². The molecule has 2 aliphatic carbocycles. The lowest BCUT2D eigenvalue weighted by Crippen LogP contribution is -2.24. The zero-order chi connectivity index (χ0) is 39.7. The zero-order valence-corrected chi connectivity index (χ0v) is 33.6. The van der Waals surface area contributed by atoms with Gasteiger partial charge in [0, 0.05) is 44.6 Å². The van der Waals surface area contributed by atoms with Gasteiger partial charge in [-0.3, -0.25) is 0 Å². The molecule has 282 valence electrons. The van der Waals surface area contributed by atoms with Crippen LogP contribution in [0.3, 0.4) is 0 Å². The Morgan fingerprint density at radius 2 is 0.949 bits per heavy atom. The van der Waals surface area contributed by atoms with Gasteiger partial charge in [0.15, 0.2) is 0 Å². The smallest absolute Gasteiger partial charge is 0.0617 e. The van der Waals surface area contributed by atoms with Gasteiger partial charge in [-0.1, -0.05) is 184 Å². The Morgan fingerprint density at radius 1 is 0.407 bits per heavy atom. The molecule has 2 nitrogen and oxygen atoms in total. The molecule has 0 fully saturated rings. The maximum absolute atomic E-state index is 2.54. The van der Waals surface area contributed by atoms with Crippen LogP contribution < -0.4 is 4.90 Å². The average Bonchev–Trinajstić information content (AvgIpc) is 3.87. The van der Waals surface area contributed by atoms with Crippen LogP contribution >= 0.6 is 0 Å². The topological polar surface area (TPSA) is 8.17 Å². The van der Waals surface area contributed by atoms with E-state index in [0.29, 0.717) is 0 Å². The van der Waals surface area contributed by atoms with Crippen LogP contribution in [0.4, 0.5) is 17.1 Å². The molecule has 1 atom stereocenters. The molecule has 0 saturated heterocycles.